The number of aromatic amines is 1. The van der Waals surface area contributed by atoms with Gasteiger partial charge in [0.25, 0.3) is 0 Å². The maximum atomic E-state index is 11.8. The van der Waals surface area contributed by atoms with Crippen LogP contribution < -0.4 is 16.0 Å². The van der Waals surface area contributed by atoms with Crippen molar-refractivity contribution in [1.29, 1.82) is 0 Å². The van der Waals surface area contributed by atoms with Crippen LogP contribution in [-0.2, 0) is 6.54 Å². The standard InChI is InChI=1S/C32H46N8O2/c1-5-23(21-8-6-9-21)33-25-24-26(35-27(34-25)28-37-30(41)42-38-28)36-29(39-17-7-10-22(39)18-31(2,3)4)40(24)19-20-11-13-32(14-12-20)15-16-32/h5,20-23H,1,6-19H2,2-4H3,(H,33,34,35)(H,37,38,41)/t22?,23-/m1/s1. The fraction of sp³-hybridized carbons (Fsp3) is 0.719. The number of imidazole rings is 1. The van der Waals surface area contributed by atoms with E-state index in [4.69, 9.17) is 19.5 Å². The number of rotatable bonds is 9. The summed E-state index contributed by atoms with van der Waals surface area (Å²) in [6.07, 6.45) is 17.1. The van der Waals surface area contributed by atoms with Crippen molar-refractivity contribution >= 4 is 22.9 Å². The fourth-order valence-corrected chi connectivity index (χ4v) is 7.70. The number of fused-ring (bicyclic) bond motifs is 1. The fourth-order valence-electron chi connectivity index (χ4n) is 7.70. The van der Waals surface area contributed by atoms with E-state index in [2.05, 4.69) is 52.3 Å². The second-order valence-corrected chi connectivity index (χ2v) is 14.8. The van der Waals surface area contributed by atoms with E-state index in [1.807, 2.05) is 6.08 Å². The minimum Gasteiger partial charge on any atom is -0.362 e. The normalized spacial score (nSPS) is 23.4. The zero-order valence-corrected chi connectivity index (χ0v) is 25.5. The zero-order chi connectivity index (χ0) is 29.1. The van der Waals surface area contributed by atoms with Crippen molar-refractivity contribution in [1.82, 2.24) is 29.7 Å². The lowest BCUT2D eigenvalue weighted by molar-refractivity contribution is 0.238. The van der Waals surface area contributed by atoms with E-state index in [-0.39, 0.29) is 17.3 Å². The topological polar surface area (TPSA) is 118 Å². The lowest BCUT2D eigenvalue weighted by Gasteiger charge is -2.34. The Bertz CT molecular complexity index is 1490. The molecular weight excluding hydrogens is 528 g/mol. The molecule has 0 radical (unpaired) electrons. The first-order chi connectivity index (χ1) is 20.2. The van der Waals surface area contributed by atoms with Crippen molar-refractivity contribution in [3.63, 3.8) is 0 Å². The first-order valence-corrected chi connectivity index (χ1v) is 16.2. The second-order valence-electron chi connectivity index (χ2n) is 14.8. The SMILES string of the molecule is C=C[C@@H](Nc1nc(-c2noc(=O)[nH]2)nc2nc(N3CCCC3CC(C)(C)C)n(CC3CCC4(CC3)CC4)c12)C1CCC1. The lowest BCUT2D eigenvalue weighted by Crippen LogP contribution is -2.35. The predicted octanol–water partition coefficient (Wildman–Crippen LogP) is 6.31. The van der Waals surface area contributed by atoms with Gasteiger partial charge in [-0.1, -0.05) is 38.4 Å². The number of nitrogens with zero attached hydrogens (tertiary/aromatic N) is 6. The highest BCUT2D eigenvalue weighted by Crippen LogP contribution is 2.57. The first-order valence-electron chi connectivity index (χ1n) is 16.2. The van der Waals surface area contributed by atoms with E-state index in [0.29, 0.717) is 34.8 Å². The number of hydrogen-bond donors (Lipinski definition) is 2. The van der Waals surface area contributed by atoms with Crippen LogP contribution in [0.5, 0.6) is 0 Å². The van der Waals surface area contributed by atoms with Crippen molar-refractivity contribution in [3.8, 4) is 11.6 Å². The van der Waals surface area contributed by atoms with Crippen LogP contribution in [0.4, 0.5) is 11.8 Å². The van der Waals surface area contributed by atoms with Crippen LogP contribution in [0.15, 0.2) is 22.0 Å². The van der Waals surface area contributed by atoms with Crippen LogP contribution in [0.2, 0.25) is 0 Å². The predicted molar refractivity (Wildman–Crippen MR) is 164 cm³/mol. The molecule has 3 saturated carbocycles. The molecule has 3 aliphatic carbocycles. The van der Waals surface area contributed by atoms with Crippen LogP contribution >= 0.6 is 0 Å². The van der Waals surface area contributed by atoms with Crippen molar-refractivity contribution < 1.29 is 4.52 Å². The molecule has 1 saturated heterocycles. The Kier molecular flexibility index (Phi) is 6.93. The Labute approximate surface area is 247 Å². The minimum atomic E-state index is -0.624. The van der Waals surface area contributed by atoms with Crippen molar-refractivity contribution in [3.05, 3.63) is 23.2 Å². The zero-order valence-electron chi connectivity index (χ0n) is 25.5. The third-order valence-corrected chi connectivity index (χ3v) is 10.5. The molecule has 3 aromatic rings. The number of anilines is 2. The molecule has 42 heavy (non-hydrogen) atoms. The largest absolute Gasteiger partial charge is 0.439 e. The number of hydrogen-bond acceptors (Lipinski definition) is 8. The highest BCUT2D eigenvalue weighted by atomic mass is 16.5. The molecule has 0 bridgehead atoms. The Morgan fingerprint density at radius 3 is 2.50 bits per heavy atom. The van der Waals surface area contributed by atoms with Gasteiger partial charge in [-0.15, -0.1) is 6.58 Å². The van der Waals surface area contributed by atoms with Gasteiger partial charge in [-0.3, -0.25) is 9.51 Å². The maximum Gasteiger partial charge on any atom is 0.439 e. The maximum absolute atomic E-state index is 11.8. The number of aromatic nitrogens is 6. The number of nitrogens with one attached hydrogen (secondary N) is 2. The quantitative estimate of drug-likeness (QED) is 0.286. The van der Waals surface area contributed by atoms with E-state index in [9.17, 15) is 4.79 Å². The molecule has 4 heterocycles. The summed E-state index contributed by atoms with van der Waals surface area (Å²) in [5.74, 6) is 2.78. The third kappa shape index (κ3) is 5.37. The van der Waals surface area contributed by atoms with Gasteiger partial charge in [-0.2, -0.15) is 4.98 Å². The molecule has 4 fully saturated rings. The van der Waals surface area contributed by atoms with Gasteiger partial charge in [0.2, 0.25) is 17.6 Å². The molecule has 10 heteroatoms. The molecule has 2 N–H and O–H groups in total. The van der Waals surface area contributed by atoms with Gasteiger partial charge in [-0.25, -0.2) is 14.8 Å². The molecule has 4 aliphatic rings. The van der Waals surface area contributed by atoms with Gasteiger partial charge < -0.3 is 14.8 Å². The third-order valence-electron chi connectivity index (χ3n) is 10.5. The second kappa shape index (κ2) is 10.5. The summed E-state index contributed by atoms with van der Waals surface area (Å²) >= 11 is 0. The summed E-state index contributed by atoms with van der Waals surface area (Å²) in [4.78, 5) is 32.1. The highest BCUT2D eigenvalue weighted by molar-refractivity contribution is 5.87. The molecule has 1 unspecified atom stereocenters. The molecule has 7 rings (SSSR count). The van der Waals surface area contributed by atoms with Gasteiger partial charge >= 0.3 is 5.76 Å². The van der Waals surface area contributed by atoms with Crippen LogP contribution in [0.3, 0.4) is 0 Å². The van der Waals surface area contributed by atoms with Crippen molar-refractivity contribution in [2.75, 3.05) is 16.8 Å². The van der Waals surface area contributed by atoms with Crippen LogP contribution in [-0.4, -0.2) is 48.3 Å². The Balaban J connectivity index is 1.34. The van der Waals surface area contributed by atoms with E-state index >= 15 is 0 Å². The summed E-state index contributed by atoms with van der Waals surface area (Å²) in [5, 5.41) is 7.65. The van der Waals surface area contributed by atoms with Crippen LogP contribution in [0.25, 0.3) is 22.8 Å². The van der Waals surface area contributed by atoms with E-state index in [1.54, 1.807) is 0 Å². The summed E-state index contributed by atoms with van der Waals surface area (Å²) < 4.78 is 7.25. The molecule has 226 valence electrons. The van der Waals surface area contributed by atoms with Gasteiger partial charge in [0.1, 0.15) is 5.52 Å². The Hall–Kier alpha value is -3.17. The molecular formula is C32H46N8O2. The highest BCUT2D eigenvalue weighted by Gasteiger charge is 2.45. The molecule has 0 aromatic carbocycles. The van der Waals surface area contributed by atoms with Crippen molar-refractivity contribution in [2.24, 2.45) is 22.7 Å². The van der Waals surface area contributed by atoms with Gasteiger partial charge in [0, 0.05) is 25.2 Å². The average Bonchev–Trinajstić information content (AvgIpc) is 3.22. The molecule has 1 spiro atoms. The van der Waals surface area contributed by atoms with E-state index in [0.717, 1.165) is 36.8 Å². The Morgan fingerprint density at radius 2 is 1.88 bits per heavy atom. The van der Waals surface area contributed by atoms with E-state index < -0.39 is 5.76 Å². The monoisotopic (exact) mass is 574 g/mol. The minimum absolute atomic E-state index is 0.0951. The molecule has 1 aliphatic heterocycles. The van der Waals surface area contributed by atoms with Crippen molar-refractivity contribution in [2.45, 2.75) is 116 Å². The first kappa shape index (κ1) is 27.7. The molecule has 2 atom stereocenters. The van der Waals surface area contributed by atoms with Gasteiger partial charge in [0.15, 0.2) is 11.5 Å². The summed E-state index contributed by atoms with van der Waals surface area (Å²) in [6.45, 7) is 13.1. The van der Waals surface area contributed by atoms with Gasteiger partial charge in [0.05, 0.1) is 0 Å². The smallest absolute Gasteiger partial charge is 0.362 e. The molecule has 10 nitrogen and oxygen atoms in total. The Morgan fingerprint density at radius 1 is 1.10 bits per heavy atom. The van der Waals surface area contributed by atoms with Crippen LogP contribution in [0, 0.1) is 22.7 Å². The molecule has 0 amide bonds. The van der Waals surface area contributed by atoms with Gasteiger partial charge in [-0.05, 0) is 93.3 Å². The van der Waals surface area contributed by atoms with Crippen LogP contribution in [0.1, 0.15) is 97.8 Å². The summed E-state index contributed by atoms with van der Waals surface area (Å²) in [6, 6.07) is 0.533. The number of H-pyrrole nitrogens is 1. The average molecular weight is 575 g/mol. The molecule has 3 aromatic heterocycles. The lowest BCUT2D eigenvalue weighted by atomic mass is 9.79. The summed E-state index contributed by atoms with van der Waals surface area (Å²) in [7, 11) is 0. The summed E-state index contributed by atoms with van der Waals surface area (Å²) in [5.41, 5.74) is 2.46. The van der Waals surface area contributed by atoms with E-state index in [1.165, 1.54) is 70.6 Å².